The zero-order valence-electron chi connectivity index (χ0n) is 13.7. The minimum absolute atomic E-state index is 0.318. The molecule has 1 aromatic rings. The van der Waals surface area contributed by atoms with Crippen LogP contribution in [0.1, 0.15) is 37.4 Å². The lowest BCUT2D eigenvalue weighted by Crippen LogP contribution is -2.45. The van der Waals surface area contributed by atoms with Crippen molar-refractivity contribution in [1.82, 2.24) is 15.1 Å². The molecule has 0 spiro atoms. The third kappa shape index (κ3) is 3.09. The lowest BCUT2D eigenvalue weighted by Gasteiger charge is -2.37. The van der Waals surface area contributed by atoms with Crippen molar-refractivity contribution < 1.29 is 4.74 Å². The van der Waals surface area contributed by atoms with Crippen molar-refractivity contribution in [2.24, 2.45) is 13.0 Å². The molecule has 2 fully saturated rings. The van der Waals surface area contributed by atoms with Gasteiger partial charge in [-0.3, -0.25) is 4.68 Å². The largest absolute Gasteiger partial charge is 0.379 e. The zero-order valence-corrected chi connectivity index (χ0v) is 13.7. The highest BCUT2D eigenvalue weighted by molar-refractivity contribution is 5.50. The van der Waals surface area contributed by atoms with Crippen molar-refractivity contribution in [3.05, 3.63) is 11.3 Å². The number of anilines is 1. The molecule has 3 rings (SSSR count). The zero-order chi connectivity index (χ0) is 15.0. The number of hydrogen-bond donors (Lipinski definition) is 1. The molecule has 1 N–H and O–H groups in total. The second-order valence-corrected chi connectivity index (χ2v) is 6.65. The third-order valence-electron chi connectivity index (χ3n) is 4.95. The van der Waals surface area contributed by atoms with Crippen LogP contribution >= 0.6 is 0 Å². The molecule has 2 atom stereocenters. The van der Waals surface area contributed by atoms with E-state index in [-0.39, 0.29) is 0 Å². The smallest absolute Gasteiger partial charge is 0.131 e. The van der Waals surface area contributed by atoms with Gasteiger partial charge in [0, 0.05) is 45.4 Å². The van der Waals surface area contributed by atoms with Crippen LogP contribution in [0.5, 0.6) is 0 Å². The van der Waals surface area contributed by atoms with Crippen LogP contribution in [0.15, 0.2) is 0 Å². The first kappa shape index (κ1) is 14.9. The third-order valence-corrected chi connectivity index (χ3v) is 4.95. The number of piperidine rings is 1. The van der Waals surface area contributed by atoms with Gasteiger partial charge in [-0.1, -0.05) is 6.92 Å². The maximum absolute atomic E-state index is 5.66. The maximum atomic E-state index is 5.66. The second kappa shape index (κ2) is 5.97. The van der Waals surface area contributed by atoms with Crippen LogP contribution < -0.4 is 10.2 Å². The van der Waals surface area contributed by atoms with Crippen LogP contribution in [-0.2, 0) is 18.3 Å². The number of hydrogen-bond acceptors (Lipinski definition) is 4. The van der Waals surface area contributed by atoms with Gasteiger partial charge < -0.3 is 15.0 Å². The van der Waals surface area contributed by atoms with Crippen molar-refractivity contribution >= 4 is 5.82 Å². The van der Waals surface area contributed by atoms with Crippen LogP contribution in [0, 0.1) is 12.8 Å². The standard InChI is InChI=1S/C16H28N4O/c1-11-7-8-20(10-15(11)21-4)16-14(9-17-13-5-6-13)12(2)18-19(16)3/h11,13,15,17H,5-10H2,1-4H3. The molecule has 1 aliphatic carbocycles. The van der Waals surface area contributed by atoms with E-state index in [1.807, 2.05) is 11.8 Å². The number of rotatable bonds is 5. The summed E-state index contributed by atoms with van der Waals surface area (Å²) in [5, 5.41) is 8.28. The number of aryl methyl sites for hydroxylation is 2. The average molecular weight is 292 g/mol. The molecule has 5 nitrogen and oxygen atoms in total. The fourth-order valence-corrected chi connectivity index (χ4v) is 3.36. The molecule has 2 heterocycles. The van der Waals surface area contributed by atoms with Crippen molar-refractivity contribution in [2.75, 3.05) is 25.1 Å². The van der Waals surface area contributed by atoms with Crippen molar-refractivity contribution in [3.63, 3.8) is 0 Å². The molecule has 1 aromatic heterocycles. The molecule has 0 radical (unpaired) electrons. The minimum Gasteiger partial charge on any atom is -0.379 e. The van der Waals surface area contributed by atoms with Crippen molar-refractivity contribution in [2.45, 2.75) is 51.8 Å². The molecule has 1 saturated carbocycles. The summed E-state index contributed by atoms with van der Waals surface area (Å²) < 4.78 is 7.71. The lowest BCUT2D eigenvalue weighted by atomic mass is 9.95. The Morgan fingerprint density at radius 3 is 2.76 bits per heavy atom. The SMILES string of the molecule is COC1CN(c2c(CNC3CC3)c(C)nn2C)CCC1C. The first-order chi connectivity index (χ1) is 10.1. The molecule has 21 heavy (non-hydrogen) atoms. The first-order valence-corrected chi connectivity index (χ1v) is 8.13. The molecule has 118 valence electrons. The van der Waals surface area contributed by atoms with E-state index in [1.165, 1.54) is 30.6 Å². The normalized spacial score (nSPS) is 26.4. The van der Waals surface area contributed by atoms with Gasteiger partial charge in [-0.25, -0.2) is 0 Å². The minimum atomic E-state index is 0.318. The summed E-state index contributed by atoms with van der Waals surface area (Å²) in [4.78, 5) is 2.46. The van der Waals surface area contributed by atoms with E-state index < -0.39 is 0 Å². The van der Waals surface area contributed by atoms with E-state index in [1.54, 1.807) is 0 Å². The Labute approximate surface area is 127 Å². The molecule has 0 bridgehead atoms. The van der Waals surface area contributed by atoms with Crippen LogP contribution in [0.3, 0.4) is 0 Å². The van der Waals surface area contributed by atoms with Crippen molar-refractivity contribution in [1.29, 1.82) is 0 Å². The highest BCUT2D eigenvalue weighted by atomic mass is 16.5. The number of nitrogens with one attached hydrogen (secondary N) is 1. The molecular weight excluding hydrogens is 264 g/mol. The topological polar surface area (TPSA) is 42.3 Å². The highest BCUT2D eigenvalue weighted by Gasteiger charge is 2.30. The number of ether oxygens (including phenoxy) is 1. The number of nitrogens with zero attached hydrogens (tertiary/aromatic N) is 3. The summed E-state index contributed by atoms with van der Waals surface area (Å²) in [5.41, 5.74) is 2.50. The van der Waals surface area contributed by atoms with Crippen LogP contribution in [0.25, 0.3) is 0 Å². The molecule has 1 aliphatic heterocycles. The van der Waals surface area contributed by atoms with Crippen LogP contribution in [0.2, 0.25) is 0 Å². The predicted molar refractivity (Wildman–Crippen MR) is 84.6 cm³/mol. The van der Waals surface area contributed by atoms with Gasteiger partial charge in [0.25, 0.3) is 0 Å². The summed E-state index contributed by atoms with van der Waals surface area (Å²) >= 11 is 0. The Kier molecular flexibility index (Phi) is 4.22. The summed E-state index contributed by atoms with van der Waals surface area (Å²) in [7, 11) is 3.89. The lowest BCUT2D eigenvalue weighted by molar-refractivity contribution is 0.0494. The summed E-state index contributed by atoms with van der Waals surface area (Å²) in [5.74, 6) is 1.91. The Morgan fingerprint density at radius 2 is 2.10 bits per heavy atom. The van der Waals surface area contributed by atoms with E-state index in [0.29, 0.717) is 12.0 Å². The van der Waals surface area contributed by atoms with Gasteiger partial charge in [0.2, 0.25) is 0 Å². The van der Waals surface area contributed by atoms with Gasteiger partial charge in [0.1, 0.15) is 5.82 Å². The van der Waals surface area contributed by atoms with Gasteiger partial charge in [0.15, 0.2) is 0 Å². The Morgan fingerprint density at radius 1 is 1.33 bits per heavy atom. The van der Waals surface area contributed by atoms with E-state index >= 15 is 0 Å². The first-order valence-electron chi connectivity index (χ1n) is 8.13. The van der Waals surface area contributed by atoms with Gasteiger partial charge in [-0.05, 0) is 32.1 Å². The van der Waals surface area contributed by atoms with Gasteiger partial charge in [-0.15, -0.1) is 0 Å². The average Bonchev–Trinajstić information content (AvgIpc) is 3.23. The van der Waals surface area contributed by atoms with E-state index in [4.69, 9.17) is 4.74 Å². The molecule has 2 unspecified atom stereocenters. The summed E-state index contributed by atoms with van der Waals surface area (Å²) in [6.45, 7) is 7.40. The fourth-order valence-electron chi connectivity index (χ4n) is 3.36. The molecule has 5 heteroatoms. The summed E-state index contributed by atoms with van der Waals surface area (Å²) in [6.07, 6.45) is 4.14. The number of methoxy groups -OCH3 is 1. The highest BCUT2D eigenvalue weighted by Crippen LogP contribution is 2.30. The monoisotopic (exact) mass is 292 g/mol. The molecule has 0 aromatic carbocycles. The quantitative estimate of drug-likeness (QED) is 0.899. The fraction of sp³-hybridized carbons (Fsp3) is 0.812. The van der Waals surface area contributed by atoms with Gasteiger partial charge in [-0.2, -0.15) is 5.10 Å². The van der Waals surface area contributed by atoms with Crippen LogP contribution in [0.4, 0.5) is 5.82 Å². The maximum Gasteiger partial charge on any atom is 0.131 e. The van der Waals surface area contributed by atoms with Crippen LogP contribution in [-0.4, -0.2) is 42.1 Å². The number of aromatic nitrogens is 2. The van der Waals surface area contributed by atoms with Crippen molar-refractivity contribution in [3.8, 4) is 0 Å². The Hall–Kier alpha value is -1.07. The molecule has 1 saturated heterocycles. The molecular formula is C16H28N4O. The Balaban J connectivity index is 1.79. The van der Waals surface area contributed by atoms with Gasteiger partial charge >= 0.3 is 0 Å². The Bertz CT molecular complexity index is 495. The predicted octanol–water partition coefficient (Wildman–Crippen LogP) is 1.84. The van der Waals surface area contributed by atoms with E-state index in [9.17, 15) is 0 Å². The van der Waals surface area contributed by atoms with E-state index in [0.717, 1.165) is 31.4 Å². The van der Waals surface area contributed by atoms with E-state index in [2.05, 4.69) is 36.2 Å². The van der Waals surface area contributed by atoms with Gasteiger partial charge in [0.05, 0.1) is 11.8 Å². The molecule has 2 aliphatic rings. The second-order valence-electron chi connectivity index (χ2n) is 6.65. The molecule has 0 amide bonds. The summed E-state index contributed by atoms with van der Waals surface area (Å²) in [6, 6.07) is 0.727.